The van der Waals surface area contributed by atoms with Crippen LogP contribution in [-0.2, 0) is 11.2 Å². The van der Waals surface area contributed by atoms with Gasteiger partial charge >= 0.3 is 5.97 Å². The third-order valence-electron chi connectivity index (χ3n) is 1.88. The minimum atomic E-state index is -1.11. The number of hydrogen-bond donors (Lipinski definition) is 3. The average Bonchev–Trinajstić information content (AvgIpc) is 2.18. The first-order valence-electron chi connectivity index (χ1n) is 4.13. The SMILES string of the molecule is NC(Cc1ccc(SF)c(O)c1)C(=O)O. The molecule has 82 valence electrons. The molecule has 1 rings (SSSR count). The Morgan fingerprint density at radius 2 is 2.27 bits per heavy atom. The zero-order valence-corrected chi connectivity index (χ0v) is 8.50. The number of carboxylic acid groups (broad SMARTS) is 1. The molecule has 0 fully saturated rings. The zero-order chi connectivity index (χ0) is 11.4. The van der Waals surface area contributed by atoms with E-state index in [1.807, 2.05) is 0 Å². The van der Waals surface area contributed by atoms with Crippen molar-refractivity contribution >= 4 is 18.1 Å². The highest BCUT2D eigenvalue weighted by atomic mass is 32.2. The molecule has 0 aliphatic rings. The van der Waals surface area contributed by atoms with Gasteiger partial charge in [0.05, 0.1) is 17.0 Å². The highest BCUT2D eigenvalue weighted by Gasteiger charge is 2.13. The molecule has 0 spiro atoms. The smallest absolute Gasteiger partial charge is 0.320 e. The second-order valence-electron chi connectivity index (χ2n) is 3.03. The number of hydrogen-bond acceptors (Lipinski definition) is 4. The van der Waals surface area contributed by atoms with E-state index in [2.05, 4.69) is 0 Å². The third kappa shape index (κ3) is 3.10. The summed E-state index contributed by atoms with van der Waals surface area (Å²) in [5.74, 6) is -1.32. The normalized spacial score (nSPS) is 12.4. The van der Waals surface area contributed by atoms with E-state index < -0.39 is 12.0 Å². The van der Waals surface area contributed by atoms with Crippen LogP contribution in [0.15, 0.2) is 23.1 Å². The van der Waals surface area contributed by atoms with Gasteiger partial charge in [0, 0.05) is 0 Å². The molecule has 1 aromatic rings. The molecule has 4 N–H and O–H groups in total. The van der Waals surface area contributed by atoms with Gasteiger partial charge in [0.1, 0.15) is 11.8 Å². The van der Waals surface area contributed by atoms with E-state index in [0.717, 1.165) is 0 Å². The lowest BCUT2D eigenvalue weighted by Gasteiger charge is -2.07. The Morgan fingerprint density at radius 3 is 2.73 bits per heavy atom. The van der Waals surface area contributed by atoms with E-state index in [1.165, 1.54) is 18.2 Å². The Bertz CT molecular complexity index is 372. The number of nitrogens with two attached hydrogens (primary N) is 1. The Labute approximate surface area is 90.2 Å². The second kappa shape index (κ2) is 4.99. The summed E-state index contributed by atoms with van der Waals surface area (Å²) in [5.41, 5.74) is 5.86. The molecule has 0 amide bonds. The Morgan fingerprint density at radius 1 is 1.60 bits per heavy atom. The predicted molar refractivity (Wildman–Crippen MR) is 54.4 cm³/mol. The molecule has 6 heteroatoms. The van der Waals surface area contributed by atoms with Crippen LogP contribution in [-0.4, -0.2) is 22.2 Å². The molecule has 0 bridgehead atoms. The number of benzene rings is 1. The number of phenols is 1. The third-order valence-corrected chi connectivity index (χ3v) is 2.39. The molecule has 1 unspecified atom stereocenters. The molecule has 1 atom stereocenters. The van der Waals surface area contributed by atoms with Crippen LogP contribution in [0.1, 0.15) is 5.56 Å². The second-order valence-corrected chi connectivity index (χ2v) is 3.62. The van der Waals surface area contributed by atoms with E-state index in [0.29, 0.717) is 5.56 Å². The van der Waals surface area contributed by atoms with Crippen molar-refractivity contribution in [3.05, 3.63) is 23.8 Å². The molecule has 0 heterocycles. The number of carboxylic acids is 1. The molecule has 0 aromatic heterocycles. The van der Waals surface area contributed by atoms with Gasteiger partial charge in [-0.1, -0.05) is 6.07 Å². The van der Waals surface area contributed by atoms with Gasteiger partial charge in [0.15, 0.2) is 0 Å². The van der Waals surface area contributed by atoms with Crippen LogP contribution in [0.4, 0.5) is 3.89 Å². The fraction of sp³-hybridized carbons (Fsp3) is 0.222. The molecule has 0 aliphatic heterocycles. The fourth-order valence-electron chi connectivity index (χ4n) is 1.10. The number of aromatic hydroxyl groups is 1. The number of halogens is 1. The Kier molecular flexibility index (Phi) is 3.93. The molecule has 0 aliphatic carbocycles. The van der Waals surface area contributed by atoms with Crippen molar-refractivity contribution in [3.8, 4) is 5.75 Å². The number of phenolic OH excluding ortho intramolecular Hbond substituents is 1. The van der Waals surface area contributed by atoms with Crippen LogP contribution in [0.25, 0.3) is 0 Å². The van der Waals surface area contributed by atoms with Crippen LogP contribution in [0, 0.1) is 0 Å². The molecule has 0 radical (unpaired) electrons. The van der Waals surface area contributed by atoms with Crippen LogP contribution < -0.4 is 5.73 Å². The van der Waals surface area contributed by atoms with Gasteiger partial charge in [0.2, 0.25) is 0 Å². The van der Waals surface area contributed by atoms with Gasteiger partial charge in [-0.2, -0.15) is 3.89 Å². The first-order chi connectivity index (χ1) is 7.04. The van der Waals surface area contributed by atoms with Crippen molar-refractivity contribution in [2.45, 2.75) is 17.4 Å². The predicted octanol–water partition coefficient (Wildman–Crippen LogP) is 1.32. The summed E-state index contributed by atoms with van der Waals surface area (Å²) in [7, 11) is 0. The minimum Gasteiger partial charge on any atom is -0.507 e. The standard InChI is InChI=1S/C9H10FNO3S/c10-15-8-2-1-5(4-7(8)12)3-6(11)9(13)14/h1-2,4,6,12H,3,11H2,(H,13,14). The Hall–Kier alpha value is -1.27. The van der Waals surface area contributed by atoms with Crippen molar-refractivity contribution in [2.75, 3.05) is 0 Å². The van der Waals surface area contributed by atoms with Gasteiger partial charge in [-0.05, 0) is 24.1 Å². The first kappa shape index (κ1) is 11.8. The largest absolute Gasteiger partial charge is 0.507 e. The molecular formula is C9H10FNO3S. The molecule has 0 saturated heterocycles. The van der Waals surface area contributed by atoms with E-state index in [1.54, 1.807) is 0 Å². The quantitative estimate of drug-likeness (QED) is 0.728. The summed E-state index contributed by atoms with van der Waals surface area (Å²) < 4.78 is 12.1. The maximum absolute atomic E-state index is 12.1. The summed E-state index contributed by atoms with van der Waals surface area (Å²) in [4.78, 5) is 10.6. The lowest BCUT2D eigenvalue weighted by molar-refractivity contribution is -0.138. The highest BCUT2D eigenvalue weighted by Crippen LogP contribution is 2.29. The topological polar surface area (TPSA) is 83.5 Å². The summed E-state index contributed by atoms with van der Waals surface area (Å²) in [6, 6.07) is 3.20. The van der Waals surface area contributed by atoms with Crippen LogP contribution in [0.2, 0.25) is 0 Å². The van der Waals surface area contributed by atoms with E-state index in [4.69, 9.17) is 10.8 Å². The van der Waals surface area contributed by atoms with E-state index in [-0.39, 0.29) is 29.2 Å². The summed E-state index contributed by atoms with van der Waals surface area (Å²) in [5, 5.41) is 17.9. The van der Waals surface area contributed by atoms with Gasteiger partial charge < -0.3 is 15.9 Å². The maximum Gasteiger partial charge on any atom is 0.320 e. The van der Waals surface area contributed by atoms with Crippen LogP contribution in [0.5, 0.6) is 5.75 Å². The molecule has 15 heavy (non-hydrogen) atoms. The molecular weight excluding hydrogens is 221 g/mol. The van der Waals surface area contributed by atoms with Crippen molar-refractivity contribution in [1.82, 2.24) is 0 Å². The van der Waals surface area contributed by atoms with Crippen molar-refractivity contribution < 1.29 is 18.9 Å². The van der Waals surface area contributed by atoms with E-state index >= 15 is 0 Å². The molecule has 4 nitrogen and oxygen atoms in total. The van der Waals surface area contributed by atoms with Gasteiger partial charge in [-0.15, -0.1) is 0 Å². The van der Waals surface area contributed by atoms with Crippen LogP contribution in [0.3, 0.4) is 0 Å². The molecule has 1 aromatic carbocycles. The first-order valence-corrected chi connectivity index (χ1v) is 4.85. The maximum atomic E-state index is 12.1. The summed E-state index contributed by atoms with van der Waals surface area (Å²) in [6.45, 7) is 0. The number of rotatable bonds is 4. The lowest BCUT2D eigenvalue weighted by atomic mass is 10.1. The summed E-state index contributed by atoms with van der Waals surface area (Å²) in [6.07, 6.45) is 0.0973. The monoisotopic (exact) mass is 231 g/mol. The average molecular weight is 231 g/mol. The minimum absolute atomic E-state index is 0.0683. The van der Waals surface area contributed by atoms with Crippen LogP contribution >= 0.6 is 12.1 Å². The number of aliphatic carboxylic acids is 1. The number of carbonyl (C=O) groups is 1. The van der Waals surface area contributed by atoms with Gasteiger partial charge in [-0.25, -0.2) is 0 Å². The van der Waals surface area contributed by atoms with E-state index in [9.17, 15) is 13.8 Å². The van der Waals surface area contributed by atoms with Gasteiger partial charge in [0.25, 0.3) is 0 Å². The van der Waals surface area contributed by atoms with Crippen molar-refractivity contribution in [3.63, 3.8) is 0 Å². The Balaban J connectivity index is 2.79. The summed E-state index contributed by atoms with van der Waals surface area (Å²) >= 11 is -0.0683. The fourth-order valence-corrected chi connectivity index (χ4v) is 1.35. The molecule has 0 saturated carbocycles. The zero-order valence-electron chi connectivity index (χ0n) is 7.68. The lowest BCUT2D eigenvalue weighted by Crippen LogP contribution is -2.32. The van der Waals surface area contributed by atoms with Crippen molar-refractivity contribution in [2.24, 2.45) is 5.73 Å². The van der Waals surface area contributed by atoms with Gasteiger partial charge in [-0.3, -0.25) is 4.79 Å². The van der Waals surface area contributed by atoms with Crippen molar-refractivity contribution in [1.29, 1.82) is 0 Å². The highest BCUT2D eigenvalue weighted by molar-refractivity contribution is 7.94.